The first-order valence-electron chi connectivity index (χ1n) is 7.73. The first-order valence-corrected chi connectivity index (χ1v) is 7.73. The van der Waals surface area contributed by atoms with Gasteiger partial charge >= 0.3 is 0 Å². The molecule has 1 N–H and O–H groups in total. The molecule has 2 heterocycles. The van der Waals surface area contributed by atoms with Crippen LogP contribution < -0.4 is 5.32 Å². The molecule has 0 saturated carbocycles. The fourth-order valence-electron chi connectivity index (χ4n) is 2.43. The van der Waals surface area contributed by atoms with Gasteiger partial charge < -0.3 is 14.8 Å². The lowest BCUT2D eigenvalue weighted by atomic mass is 10.1. The summed E-state index contributed by atoms with van der Waals surface area (Å²) in [6.07, 6.45) is 4.48. The first-order chi connectivity index (χ1) is 9.42. The van der Waals surface area contributed by atoms with Crippen molar-refractivity contribution in [3.63, 3.8) is 0 Å². The van der Waals surface area contributed by atoms with Crippen LogP contribution in [0.3, 0.4) is 0 Å². The lowest BCUT2D eigenvalue weighted by Crippen LogP contribution is -2.45. The van der Waals surface area contributed by atoms with Crippen molar-refractivity contribution in [2.24, 2.45) is 0 Å². The zero-order chi connectivity index (χ0) is 14.6. The fraction of sp³-hybridized carbons (Fsp3) is 0.750. The summed E-state index contributed by atoms with van der Waals surface area (Å²) in [6.45, 7) is 14.6. The standard InChI is InChI=1S/C16H30N4/c1-16(2,3)17-13-15-5-6-20(14-15)12-11-19-9-7-18(4)8-10-19/h5-6,14,17H,7-13H2,1-4H3. The van der Waals surface area contributed by atoms with Gasteiger partial charge in [0.1, 0.15) is 0 Å². The van der Waals surface area contributed by atoms with Crippen molar-refractivity contribution in [3.8, 4) is 0 Å². The maximum absolute atomic E-state index is 3.53. The predicted molar refractivity (Wildman–Crippen MR) is 85.0 cm³/mol. The zero-order valence-electron chi connectivity index (χ0n) is 13.5. The highest BCUT2D eigenvalue weighted by atomic mass is 15.2. The van der Waals surface area contributed by atoms with Crippen molar-refractivity contribution in [2.45, 2.75) is 39.4 Å². The highest BCUT2D eigenvalue weighted by Gasteiger charge is 2.13. The molecule has 0 aliphatic carbocycles. The van der Waals surface area contributed by atoms with Crippen molar-refractivity contribution >= 4 is 0 Å². The van der Waals surface area contributed by atoms with E-state index < -0.39 is 0 Å². The Hall–Kier alpha value is -0.840. The van der Waals surface area contributed by atoms with Gasteiger partial charge in [-0.05, 0) is 39.4 Å². The second kappa shape index (κ2) is 6.74. The second-order valence-corrected chi connectivity index (χ2v) is 7.01. The molecule has 1 aliphatic rings. The van der Waals surface area contributed by atoms with E-state index in [-0.39, 0.29) is 5.54 Å². The molecule has 4 nitrogen and oxygen atoms in total. The fourth-order valence-corrected chi connectivity index (χ4v) is 2.43. The Kier molecular flexibility index (Phi) is 5.24. The van der Waals surface area contributed by atoms with E-state index in [4.69, 9.17) is 0 Å². The number of likely N-dealkylation sites (N-methyl/N-ethyl adjacent to an activating group) is 1. The highest BCUT2D eigenvalue weighted by molar-refractivity contribution is 5.10. The van der Waals surface area contributed by atoms with Crippen molar-refractivity contribution in [1.29, 1.82) is 0 Å². The second-order valence-electron chi connectivity index (χ2n) is 7.01. The zero-order valence-corrected chi connectivity index (χ0v) is 13.5. The highest BCUT2D eigenvalue weighted by Crippen LogP contribution is 2.06. The molecule has 4 heteroatoms. The Morgan fingerprint density at radius 1 is 1.10 bits per heavy atom. The summed E-state index contributed by atoms with van der Waals surface area (Å²) in [5.41, 5.74) is 1.56. The molecule has 1 aromatic rings. The maximum Gasteiger partial charge on any atom is 0.0347 e. The summed E-state index contributed by atoms with van der Waals surface area (Å²) >= 11 is 0. The molecule has 114 valence electrons. The van der Waals surface area contributed by atoms with Crippen molar-refractivity contribution in [3.05, 3.63) is 24.0 Å². The molecule has 0 spiro atoms. The third kappa shape index (κ3) is 5.27. The van der Waals surface area contributed by atoms with Crippen LogP contribution in [0.2, 0.25) is 0 Å². The summed E-state index contributed by atoms with van der Waals surface area (Å²) in [5, 5.41) is 3.53. The van der Waals surface area contributed by atoms with E-state index in [1.165, 1.54) is 31.7 Å². The molecule has 20 heavy (non-hydrogen) atoms. The minimum absolute atomic E-state index is 0.182. The van der Waals surface area contributed by atoms with E-state index in [0.29, 0.717) is 0 Å². The number of rotatable bonds is 5. The van der Waals surface area contributed by atoms with Gasteiger partial charge in [-0.1, -0.05) is 0 Å². The largest absolute Gasteiger partial charge is 0.353 e. The van der Waals surface area contributed by atoms with Gasteiger partial charge in [0, 0.05) is 63.7 Å². The van der Waals surface area contributed by atoms with Crippen LogP contribution in [-0.4, -0.2) is 59.7 Å². The summed E-state index contributed by atoms with van der Waals surface area (Å²) < 4.78 is 2.32. The van der Waals surface area contributed by atoms with E-state index >= 15 is 0 Å². The van der Waals surface area contributed by atoms with Crippen LogP contribution in [0.5, 0.6) is 0 Å². The maximum atomic E-state index is 3.53. The molecule has 0 unspecified atom stereocenters. The third-order valence-corrected chi connectivity index (χ3v) is 3.90. The molecule has 1 fully saturated rings. The molecule has 1 aromatic heterocycles. The lowest BCUT2D eigenvalue weighted by Gasteiger charge is -2.32. The molecule has 0 radical (unpaired) electrons. The first kappa shape index (κ1) is 15.5. The number of hydrogen-bond acceptors (Lipinski definition) is 3. The van der Waals surface area contributed by atoms with Crippen LogP contribution in [0.15, 0.2) is 18.5 Å². The van der Waals surface area contributed by atoms with Crippen LogP contribution in [0.1, 0.15) is 26.3 Å². The molecule has 1 aliphatic heterocycles. The van der Waals surface area contributed by atoms with Crippen LogP contribution >= 0.6 is 0 Å². The minimum atomic E-state index is 0.182. The van der Waals surface area contributed by atoms with Gasteiger partial charge in [0.15, 0.2) is 0 Å². The van der Waals surface area contributed by atoms with Crippen molar-refractivity contribution in [2.75, 3.05) is 39.8 Å². The summed E-state index contributed by atoms with van der Waals surface area (Å²) in [4.78, 5) is 4.97. The Morgan fingerprint density at radius 2 is 1.80 bits per heavy atom. The summed E-state index contributed by atoms with van der Waals surface area (Å²) in [6, 6.07) is 2.22. The Bertz CT molecular complexity index is 397. The average molecular weight is 278 g/mol. The minimum Gasteiger partial charge on any atom is -0.353 e. The molecule has 2 rings (SSSR count). The Morgan fingerprint density at radius 3 is 2.45 bits per heavy atom. The third-order valence-electron chi connectivity index (χ3n) is 3.90. The van der Waals surface area contributed by atoms with E-state index in [9.17, 15) is 0 Å². The number of aromatic nitrogens is 1. The van der Waals surface area contributed by atoms with Gasteiger partial charge in [0.05, 0.1) is 0 Å². The summed E-state index contributed by atoms with van der Waals surface area (Å²) in [7, 11) is 2.21. The van der Waals surface area contributed by atoms with E-state index in [2.05, 4.69) is 66.0 Å². The van der Waals surface area contributed by atoms with E-state index in [0.717, 1.165) is 19.6 Å². The van der Waals surface area contributed by atoms with E-state index in [1.54, 1.807) is 0 Å². The Labute approximate surface area is 123 Å². The van der Waals surface area contributed by atoms with Crippen molar-refractivity contribution in [1.82, 2.24) is 19.7 Å². The van der Waals surface area contributed by atoms with E-state index in [1.807, 2.05) is 0 Å². The van der Waals surface area contributed by atoms with Gasteiger partial charge in [-0.2, -0.15) is 0 Å². The molecule has 0 atom stereocenters. The molecule has 1 saturated heterocycles. The molecule has 0 aromatic carbocycles. The van der Waals surface area contributed by atoms with Crippen LogP contribution in [0, 0.1) is 0 Å². The SMILES string of the molecule is CN1CCN(CCn2ccc(CNC(C)(C)C)c2)CC1. The molecule has 0 amide bonds. The molecule has 0 bridgehead atoms. The molecular formula is C16H30N4. The van der Waals surface area contributed by atoms with Crippen LogP contribution in [0.4, 0.5) is 0 Å². The number of nitrogens with zero attached hydrogens (tertiary/aromatic N) is 3. The lowest BCUT2D eigenvalue weighted by molar-refractivity contribution is 0.150. The number of nitrogens with one attached hydrogen (secondary N) is 1. The van der Waals surface area contributed by atoms with Gasteiger partial charge in [-0.25, -0.2) is 0 Å². The number of hydrogen-bond donors (Lipinski definition) is 1. The predicted octanol–water partition coefficient (Wildman–Crippen LogP) is 1.62. The van der Waals surface area contributed by atoms with Crippen molar-refractivity contribution < 1.29 is 0 Å². The number of piperazine rings is 1. The van der Waals surface area contributed by atoms with Crippen LogP contribution in [-0.2, 0) is 13.1 Å². The van der Waals surface area contributed by atoms with Crippen LogP contribution in [0.25, 0.3) is 0 Å². The normalized spacial score (nSPS) is 18.6. The van der Waals surface area contributed by atoms with Gasteiger partial charge in [-0.15, -0.1) is 0 Å². The average Bonchev–Trinajstić information content (AvgIpc) is 2.83. The molecular weight excluding hydrogens is 248 g/mol. The topological polar surface area (TPSA) is 23.4 Å². The van der Waals surface area contributed by atoms with Gasteiger partial charge in [-0.3, -0.25) is 4.90 Å². The van der Waals surface area contributed by atoms with Gasteiger partial charge in [0.25, 0.3) is 0 Å². The summed E-state index contributed by atoms with van der Waals surface area (Å²) in [5.74, 6) is 0. The van der Waals surface area contributed by atoms with Gasteiger partial charge in [0.2, 0.25) is 0 Å². The smallest absolute Gasteiger partial charge is 0.0347 e. The Balaban J connectivity index is 1.72. The quantitative estimate of drug-likeness (QED) is 0.885. The monoisotopic (exact) mass is 278 g/mol.